The van der Waals surface area contributed by atoms with E-state index in [1.165, 1.54) is 23.5 Å². The van der Waals surface area contributed by atoms with Gasteiger partial charge < -0.3 is 14.8 Å². The minimum absolute atomic E-state index is 0.0415. The third-order valence-corrected chi connectivity index (χ3v) is 6.98. The summed E-state index contributed by atoms with van der Waals surface area (Å²) in [5.41, 5.74) is 0.597. The van der Waals surface area contributed by atoms with Crippen molar-refractivity contribution in [3.05, 3.63) is 47.5 Å². The lowest BCUT2D eigenvalue weighted by atomic mass is 10.3. The quantitative estimate of drug-likeness (QED) is 0.692. The van der Waals surface area contributed by atoms with E-state index in [-0.39, 0.29) is 36.2 Å². The Morgan fingerprint density at radius 3 is 2.37 bits per heavy atom. The van der Waals surface area contributed by atoms with Crippen LogP contribution < -0.4 is 14.8 Å². The number of hydrogen-bond donors (Lipinski definition) is 1. The molecule has 8 nitrogen and oxygen atoms in total. The maximum Gasteiger partial charge on any atom is 0.246 e. The van der Waals surface area contributed by atoms with E-state index in [9.17, 15) is 13.2 Å². The number of para-hydroxylation sites is 2. The first-order valence-corrected chi connectivity index (χ1v) is 11.2. The van der Waals surface area contributed by atoms with E-state index in [1.54, 1.807) is 25.3 Å². The molecular weight excluding hydrogens is 430 g/mol. The maximum absolute atomic E-state index is 13.0. The van der Waals surface area contributed by atoms with Crippen molar-refractivity contribution in [1.82, 2.24) is 9.21 Å². The van der Waals surface area contributed by atoms with Gasteiger partial charge in [-0.2, -0.15) is 4.31 Å². The van der Waals surface area contributed by atoms with E-state index in [0.29, 0.717) is 29.5 Å². The summed E-state index contributed by atoms with van der Waals surface area (Å²) in [7, 11) is -0.798. The number of benzene rings is 2. The van der Waals surface area contributed by atoms with Gasteiger partial charge >= 0.3 is 0 Å². The largest absolute Gasteiger partial charge is 0.495 e. The summed E-state index contributed by atoms with van der Waals surface area (Å²) in [6, 6.07) is 11.7. The van der Waals surface area contributed by atoms with Crippen LogP contribution in [0.4, 0.5) is 5.69 Å². The molecule has 0 atom stereocenters. The molecule has 1 aliphatic rings. The summed E-state index contributed by atoms with van der Waals surface area (Å²) in [5, 5.41) is 3.15. The minimum atomic E-state index is -3.76. The van der Waals surface area contributed by atoms with E-state index in [1.807, 2.05) is 17.0 Å². The predicted octanol–water partition coefficient (Wildman–Crippen LogP) is 2.30. The fraction of sp³-hybridized carbons (Fsp3) is 0.350. The van der Waals surface area contributed by atoms with E-state index >= 15 is 0 Å². The monoisotopic (exact) mass is 453 g/mol. The van der Waals surface area contributed by atoms with Crippen LogP contribution >= 0.6 is 11.6 Å². The molecule has 1 heterocycles. The van der Waals surface area contributed by atoms with Gasteiger partial charge in [-0.15, -0.1) is 0 Å². The molecular formula is C20H24ClN3O5S. The molecule has 2 aromatic carbocycles. The number of carbonyl (C=O) groups is 1. The standard InChI is InChI=1S/C20H24ClN3O5S/c1-28-17-6-4-3-5-16(17)22-20(25)14-23-9-11-24(12-10-23)30(26,27)19-13-15(21)7-8-18(19)29-2/h3-8,13H,9-12,14H2,1-2H3,(H,22,25). The van der Waals surface area contributed by atoms with E-state index < -0.39 is 10.0 Å². The number of carbonyl (C=O) groups excluding carboxylic acids is 1. The molecule has 0 bridgehead atoms. The molecule has 1 N–H and O–H groups in total. The maximum atomic E-state index is 13.0. The molecule has 0 aliphatic carbocycles. The van der Waals surface area contributed by atoms with Gasteiger partial charge in [0, 0.05) is 31.2 Å². The van der Waals surface area contributed by atoms with Crippen molar-refractivity contribution >= 4 is 33.2 Å². The third-order valence-electron chi connectivity index (χ3n) is 4.82. The first-order valence-electron chi connectivity index (χ1n) is 9.34. The van der Waals surface area contributed by atoms with Gasteiger partial charge in [0.2, 0.25) is 15.9 Å². The summed E-state index contributed by atoms with van der Waals surface area (Å²) < 4.78 is 37.9. The second-order valence-electron chi connectivity index (χ2n) is 6.72. The number of ether oxygens (including phenoxy) is 2. The Labute approximate surface area is 181 Å². The van der Waals surface area contributed by atoms with Gasteiger partial charge in [0.15, 0.2) is 0 Å². The molecule has 1 fully saturated rings. The van der Waals surface area contributed by atoms with Gasteiger partial charge in [0.25, 0.3) is 0 Å². The zero-order chi connectivity index (χ0) is 21.7. The van der Waals surface area contributed by atoms with Crippen LogP contribution in [0.25, 0.3) is 0 Å². The first-order chi connectivity index (χ1) is 14.3. The minimum Gasteiger partial charge on any atom is -0.495 e. The highest BCUT2D eigenvalue weighted by atomic mass is 35.5. The van der Waals surface area contributed by atoms with Crippen LogP contribution in [-0.4, -0.2) is 70.5 Å². The number of rotatable bonds is 7. The van der Waals surface area contributed by atoms with E-state index in [2.05, 4.69) is 5.32 Å². The van der Waals surface area contributed by atoms with Crippen molar-refractivity contribution < 1.29 is 22.7 Å². The molecule has 3 rings (SSSR count). The van der Waals surface area contributed by atoms with Gasteiger partial charge in [-0.05, 0) is 30.3 Å². The second-order valence-corrected chi connectivity index (χ2v) is 9.07. The Hall–Kier alpha value is -2.33. The predicted molar refractivity (Wildman–Crippen MR) is 115 cm³/mol. The topological polar surface area (TPSA) is 88.2 Å². The molecule has 0 aromatic heterocycles. The number of halogens is 1. The van der Waals surface area contributed by atoms with E-state index in [4.69, 9.17) is 21.1 Å². The van der Waals surface area contributed by atoms with Crippen LogP contribution in [-0.2, 0) is 14.8 Å². The highest BCUT2D eigenvalue weighted by Gasteiger charge is 2.31. The van der Waals surface area contributed by atoms with Gasteiger partial charge in [0.1, 0.15) is 16.4 Å². The highest BCUT2D eigenvalue weighted by molar-refractivity contribution is 7.89. The number of nitrogens with zero attached hydrogens (tertiary/aromatic N) is 2. The number of nitrogens with one attached hydrogen (secondary N) is 1. The van der Waals surface area contributed by atoms with Crippen molar-refractivity contribution in [2.75, 3.05) is 52.3 Å². The number of sulfonamides is 1. The highest BCUT2D eigenvalue weighted by Crippen LogP contribution is 2.30. The summed E-state index contributed by atoms with van der Waals surface area (Å²) in [4.78, 5) is 14.3. The van der Waals surface area contributed by atoms with Crippen LogP contribution in [0.3, 0.4) is 0 Å². The van der Waals surface area contributed by atoms with Gasteiger partial charge in [-0.3, -0.25) is 9.69 Å². The smallest absolute Gasteiger partial charge is 0.246 e. The fourth-order valence-electron chi connectivity index (χ4n) is 3.26. The number of piperazine rings is 1. The number of methoxy groups -OCH3 is 2. The summed E-state index contributed by atoms with van der Waals surface area (Å²) in [6.45, 7) is 1.55. The Balaban J connectivity index is 1.61. The lowest BCUT2D eigenvalue weighted by Crippen LogP contribution is -2.50. The lowest BCUT2D eigenvalue weighted by molar-refractivity contribution is -0.117. The van der Waals surface area contributed by atoms with Crippen LogP contribution in [0.2, 0.25) is 5.02 Å². The molecule has 162 valence electrons. The molecule has 0 saturated carbocycles. The van der Waals surface area contributed by atoms with Crippen LogP contribution in [0.5, 0.6) is 11.5 Å². The van der Waals surface area contributed by atoms with Crippen LogP contribution in [0.1, 0.15) is 0 Å². The number of amides is 1. The zero-order valence-electron chi connectivity index (χ0n) is 16.8. The van der Waals surface area contributed by atoms with Crippen molar-refractivity contribution in [3.63, 3.8) is 0 Å². The molecule has 2 aromatic rings. The van der Waals surface area contributed by atoms with Crippen molar-refractivity contribution in [2.24, 2.45) is 0 Å². The van der Waals surface area contributed by atoms with Crippen molar-refractivity contribution in [2.45, 2.75) is 4.90 Å². The number of hydrogen-bond acceptors (Lipinski definition) is 6. The molecule has 30 heavy (non-hydrogen) atoms. The third kappa shape index (κ3) is 5.04. The Morgan fingerprint density at radius 1 is 1.03 bits per heavy atom. The van der Waals surface area contributed by atoms with Crippen LogP contribution in [0.15, 0.2) is 47.4 Å². The summed E-state index contributed by atoms with van der Waals surface area (Å²) in [5.74, 6) is 0.641. The Bertz CT molecular complexity index is 1010. The molecule has 1 amide bonds. The van der Waals surface area contributed by atoms with Crippen LogP contribution in [0, 0.1) is 0 Å². The van der Waals surface area contributed by atoms with Gasteiger partial charge in [0.05, 0.1) is 26.5 Å². The first kappa shape index (κ1) is 22.4. The van der Waals surface area contributed by atoms with E-state index in [0.717, 1.165) is 0 Å². The SMILES string of the molecule is COc1ccccc1NC(=O)CN1CCN(S(=O)(=O)c2cc(Cl)ccc2OC)CC1. The van der Waals surface area contributed by atoms with Gasteiger partial charge in [-0.1, -0.05) is 23.7 Å². The fourth-order valence-corrected chi connectivity index (χ4v) is 5.10. The second kappa shape index (κ2) is 9.65. The normalized spacial score (nSPS) is 15.6. The lowest BCUT2D eigenvalue weighted by Gasteiger charge is -2.33. The molecule has 1 aliphatic heterocycles. The molecule has 0 radical (unpaired) electrons. The number of anilines is 1. The average Bonchev–Trinajstić information content (AvgIpc) is 2.74. The Kier molecular flexibility index (Phi) is 7.19. The van der Waals surface area contributed by atoms with Crippen molar-refractivity contribution in [3.8, 4) is 11.5 Å². The average molecular weight is 454 g/mol. The zero-order valence-corrected chi connectivity index (χ0v) is 18.4. The molecule has 0 unspecified atom stereocenters. The summed E-state index contributed by atoms with van der Waals surface area (Å²) >= 11 is 5.99. The molecule has 0 spiro atoms. The summed E-state index contributed by atoms with van der Waals surface area (Å²) in [6.07, 6.45) is 0. The Morgan fingerprint density at radius 2 is 1.70 bits per heavy atom. The molecule has 10 heteroatoms. The van der Waals surface area contributed by atoms with Gasteiger partial charge in [-0.25, -0.2) is 8.42 Å². The van der Waals surface area contributed by atoms with Crippen molar-refractivity contribution in [1.29, 1.82) is 0 Å². The molecule has 1 saturated heterocycles.